The summed E-state index contributed by atoms with van der Waals surface area (Å²) in [5.41, 5.74) is -0.593. The zero-order valence-electron chi connectivity index (χ0n) is 11.8. The molecule has 1 rings (SSSR count). The van der Waals surface area contributed by atoms with Gasteiger partial charge in [0, 0.05) is 0 Å². The quantitative estimate of drug-likeness (QED) is 0.706. The summed E-state index contributed by atoms with van der Waals surface area (Å²) in [7, 11) is 0. The normalized spacial score (nSPS) is 19.1. The summed E-state index contributed by atoms with van der Waals surface area (Å²) in [5.74, 6) is -0.499. The van der Waals surface area contributed by atoms with Crippen molar-refractivity contribution in [3.8, 4) is 0 Å². The number of nitrogens with zero attached hydrogens (tertiary/aromatic N) is 1. The van der Waals surface area contributed by atoms with E-state index in [-0.39, 0.29) is 6.54 Å². The lowest BCUT2D eigenvalue weighted by atomic mass is 10.2. The molecule has 1 heterocycles. The zero-order valence-corrected chi connectivity index (χ0v) is 11.8. The van der Waals surface area contributed by atoms with Crippen LogP contribution in [0.5, 0.6) is 0 Å². The van der Waals surface area contributed by atoms with E-state index in [1.165, 1.54) is 6.42 Å². The van der Waals surface area contributed by atoms with Gasteiger partial charge >= 0.3 is 6.09 Å². The molecule has 0 aliphatic carbocycles. The third kappa shape index (κ3) is 6.44. The molecule has 0 aromatic heterocycles. The number of hydrogen-bond donors (Lipinski definition) is 2. The average Bonchev–Trinajstić information content (AvgIpc) is 2.48. The number of rotatable bonds is 1. The first kappa shape index (κ1) is 16.7. The Balaban J connectivity index is 0.000000873. The first-order chi connectivity index (χ1) is 8.21. The molecule has 2 N–H and O–H groups in total. The van der Waals surface area contributed by atoms with Gasteiger partial charge in [-0.2, -0.15) is 0 Å². The fourth-order valence-corrected chi connectivity index (χ4v) is 1.25. The van der Waals surface area contributed by atoms with Crippen molar-refractivity contribution in [2.24, 2.45) is 0 Å². The SMILES string of the molecule is CC(C)(C)OC(=O)NC1CCN(O)C1=O.CCC. The lowest BCUT2D eigenvalue weighted by molar-refractivity contribution is -0.158. The second kappa shape index (κ2) is 7.20. The summed E-state index contributed by atoms with van der Waals surface area (Å²) >= 11 is 0. The highest BCUT2D eigenvalue weighted by Gasteiger charge is 2.33. The van der Waals surface area contributed by atoms with Crippen LogP contribution in [0.2, 0.25) is 0 Å². The molecule has 1 atom stereocenters. The van der Waals surface area contributed by atoms with Crippen LogP contribution in [0.15, 0.2) is 0 Å². The average molecular weight is 260 g/mol. The Hall–Kier alpha value is -1.30. The molecule has 1 fully saturated rings. The van der Waals surface area contributed by atoms with Gasteiger partial charge in [-0.05, 0) is 27.2 Å². The Labute approximate surface area is 108 Å². The van der Waals surface area contributed by atoms with Gasteiger partial charge in [0.15, 0.2) is 0 Å². The topological polar surface area (TPSA) is 78.9 Å². The minimum atomic E-state index is -0.676. The van der Waals surface area contributed by atoms with Crippen molar-refractivity contribution in [3.05, 3.63) is 0 Å². The highest BCUT2D eigenvalue weighted by atomic mass is 16.6. The third-order valence-electron chi connectivity index (χ3n) is 1.87. The Morgan fingerprint density at radius 1 is 1.50 bits per heavy atom. The van der Waals surface area contributed by atoms with Crippen molar-refractivity contribution in [2.75, 3.05) is 6.54 Å². The zero-order chi connectivity index (χ0) is 14.3. The van der Waals surface area contributed by atoms with E-state index < -0.39 is 23.6 Å². The van der Waals surface area contributed by atoms with E-state index in [9.17, 15) is 9.59 Å². The highest BCUT2D eigenvalue weighted by molar-refractivity contribution is 5.86. The number of amides is 2. The van der Waals surface area contributed by atoms with Crippen LogP contribution in [-0.4, -0.2) is 40.5 Å². The van der Waals surface area contributed by atoms with Crippen molar-refractivity contribution < 1.29 is 19.5 Å². The molecule has 18 heavy (non-hydrogen) atoms. The van der Waals surface area contributed by atoms with E-state index in [1.807, 2.05) is 0 Å². The van der Waals surface area contributed by atoms with E-state index in [0.717, 1.165) is 0 Å². The molecule has 106 valence electrons. The largest absolute Gasteiger partial charge is 0.444 e. The van der Waals surface area contributed by atoms with Crippen LogP contribution in [0.3, 0.4) is 0 Å². The van der Waals surface area contributed by atoms with Gasteiger partial charge < -0.3 is 10.1 Å². The summed E-state index contributed by atoms with van der Waals surface area (Å²) in [6.07, 6.45) is 1.00. The van der Waals surface area contributed by atoms with Crippen LogP contribution in [0.25, 0.3) is 0 Å². The fraction of sp³-hybridized carbons (Fsp3) is 0.833. The van der Waals surface area contributed by atoms with E-state index in [4.69, 9.17) is 9.94 Å². The molecular weight excluding hydrogens is 236 g/mol. The van der Waals surface area contributed by atoms with Crippen molar-refractivity contribution in [3.63, 3.8) is 0 Å². The lowest BCUT2D eigenvalue weighted by Crippen LogP contribution is -2.43. The summed E-state index contributed by atoms with van der Waals surface area (Å²) in [5, 5.41) is 12.0. The lowest BCUT2D eigenvalue weighted by Gasteiger charge is -2.21. The number of carbonyl (C=O) groups excluding carboxylic acids is 2. The maximum absolute atomic E-state index is 11.3. The third-order valence-corrected chi connectivity index (χ3v) is 1.87. The van der Waals surface area contributed by atoms with Gasteiger partial charge in [-0.3, -0.25) is 10.0 Å². The van der Waals surface area contributed by atoms with Crippen LogP contribution in [-0.2, 0) is 9.53 Å². The van der Waals surface area contributed by atoms with Crippen molar-refractivity contribution >= 4 is 12.0 Å². The Morgan fingerprint density at radius 3 is 2.33 bits per heavy atom. The molecule has 1 unspecified atom stereocenters. The first-order valence-corrected chi connectivity index (χ1v) is 6.21. The predicted molar refractivity (Wildman–Crippen MR) is 67.2 cm³/mol. The molecular formula is C12H24N2O4. The second-order valence-corrected chi connectivity index (χ2v) is 5.16. The minimum Gasteiger partial charge on any atom is -0.444 e. The molecule has 0 bridgehead atoms. The van der Waals surface area contributed by atoms with Gasteiger partial charge in [-0.1, -0.05) is 20.3 Å². The molecule has 0 radical (unpaired) electrons. The monoisotopic (exact) mass is 260 g/mol. The van der Waals surface area contributed by atoms with Crippen LogP contribution >= 0.6 is 0 Å². The van der Waals surface area contributed by atoms with Crippen molar-refractivity contribution in [1.82, 2.24) is 10.4 Å². The molecule has 0 aromatic rings. The highest BCUT2D eigenvalue weighted by Crippen LogP contribution is 2.11. The van der Waals surface area contributed by atoms with Crippen LogP contribution in [0, 0.1) is 0 Å². The molecule has 0 spiro atoms. The van der Waals surface area contributed by atoms with Gasteiger partial charge in [-0.15, -0.1) is 0 Å². The van der Waals surface area contributed by atoms with Crippen molar-refractivity contribution in [2.45, 2.75) is 59.1 Å². The van der Waals surface area contributed by atoms with Crippen molar-refractivity contribution in [1.29, 1.82) is 0 Å². The van der Waals surface area contributed by atoms with E-state index in [0.29, 0.717) is 11.5 Å². The Morgan fingerprint density at radius 2 is 2.00 bits per heavy atom. The van der Waals surface area contributed by atoms with Gasteiger partial charge in [0.05, 0.1) is 6.54 Å². The Bertz CT molecular complexity index is 286. The Kier molecular flexibility index (Phi) is 6.68. The molecule has 0 saturated carbocycles. The number of nitrogens with one attached hydrogen (secondary N) is 1. The number of hydrogen-bond acceptors (Lipinski definition) is 4. The fourth-order valence-electron chi connectivity index (χ4n) is 1.25. The molecule has 1 aliphatic rings. The maximum atomic E-state index is 11.3. The first-order valence-electron chi connectivity index (χ1n) is 6.21. The maximum Gasteiger partial charge on any atom is 0.408 e. The van der Waals surface area contributed by atoms with Gasteiger partial charge in [0.2, 0.25) is 0 Å². The number of alkyl carbamates (subject to hydrolysis) is 1. The molecule has 6 nitrogen and oxygen atoms in total. The van der Waals surface area contributed by atoms with Crippen LogP contribution in [0.1, 0.15) is 47.5 Å². The predicted octanol–water partition coefficient (Wildman–Crippen LogP) is 1.92. The van der Waals surface area contributed by atoms with Gasteiger partial charge in [-0.25, -0.2) is 9.86 Å². The number of ether oxygens (including phenoxy) is 1. The van der Waals surface area contributed by atoms with E-state index >= 15 is 0 Å². The van der Waals surface area contributed by atoms with Gasteiger partial charge in [0.1, 0.15) is 11.6 Å². The number of carbonyl (C=O) groups is 2. The minimum absolute atomic E-state index is 0.235. The molecule has 0 aromatic carbocycles. The summed E-state index contributed by atoms with van der Waals surface area (Å²) in [6.45, 7) is 9.70. The molecule has 2 amide bonds. The smallest absolute Gasteiger partial charge is 0.408 e. The standard InChI is InChI=1S/C9H16N2O4.C3H8/c1-9(2,3)15-8(13)10-6-4-5-11(14)7(6)12;1-3-2/h6,14H,4-5H2,1-3H3,(H,10,13);3H2,1-2H3. The number of hydroxylamine groups is 2. The summed E-state index contributed by atoms with van der Waals surface area (Å²) in [6, 6.07) is -0.676. The summed E-state index contributed by atoms with van der Waals surface area (Å²) < 4.78 is 4.98. The molecule has 1 aliphatic heterocycles. The van der Waals surface area contributed by atoms with Gasteiger partial charge in [0.25, 0.3) is 5.91 Å². The summed E-state index contributed by atoms with van der Waals surface area (Å²) in [4.78, 5) is 22.5. The van der Waals surface area contributed by atoms with E-state index in [2.05, 4.69) is 19.2 Å². The van der Waals surface area contributed by atoms with Crippen LogP contribution < -0.4 is 5.32 Å². The second-order valence-electron chi connectivity index (χ2n) is 5.16. The van der Waals surface area contributed by atoms with E-state index in [1.54, 1.807) is 20.8 Å². The molecule has 1 saturated heterocycles. The molecule has 6 heteroatoms. The van der Waals surface area contributed by atoms with Crippen LogP contribution in [0.4, 0.5) is 4.79 Å².